The average Bonchev–Trinajstić information content (AvgIpc) is 3.14. The molecule has 1 atom stereocenters. The molecule has 0 amide bonds. The van der Waals surface area contributed by atoms with E-state index < -0.39 is 0 Å². The number of nitrogens with zero attached hydrogens (tertiary/aromatic N) is 4. The number of ether oxygens (including phenoxy) is 1. The van der Waals surface area contributed by atoms with Crippen LogP contribution in [-0.4, -0.2) is 27.2 Å². The number of aromatic nitrogens is 4. The Hall–Kier alpha value is -3.55. The maximum atomic E-state index is 13.3. The molecule has 0 aliphatic carbocycles. The third-order valence-corrected chi connectivity index (χ3v) is 4.39. The topological polar surface area (TPSA) is 86.0 Å². The molecular weight excluding hydrogens is 361 g/mol. The number of hydrogen-bond acceptors (Lipinski definition) is 7. The molecule has 0 radical (unpaired) electrons. The van der Waals surface area contributed by atoms with Gasteiger partial charge in [-0.3, -0.25) is 0 Å². The van der Waals surface area contributed by atoms with E-state index in [0.29, 0.717) is 28.8 Å². The Kier molecular flexibility index (Phi) is 4.60. The summed E-state index contributed by atoms with van der Waals surface area (Å²) < 4.78 is 23.9. The molecule has 2 heterocycles. The summed E-state index contributed by atoms with van der Waals surface area (Å²) in [5.41, 5.74) is 2.39. The smallest absolute Gasteiger partial charge is 0.223 e. The van der Waals surface area contributed by atoms with Crippen LogP contribution in [0, 0.1) is 12.7 Å². The first-order chi connectivity index (χ1) is 13.5. The SMILES string of the molecule is COc1cc(-c2ccc(F)cc2)cc2c(NC(C)c3noc(C)n3)ncnc12. The standard InChI is InChI=1S/C20H18FN5O2/c1-11(19-25-12(2)28-26-19)24-20-16-8-14(13-4-6-15(21)7-5-13)9-17(27-3)18(16)22-10-23-20/h4-11H,1-3H3,(H,22,23,24). The van der Waals surface area contributed by atoms with Crippen molar-refractivity contribution in [3.63, 3.8) is 0 Å². The zero-order valence-corrected chi connectivity index (χ0v) is 15.6. The van der Waals surface area contributed by atoms with E-state index in [9.17, 15) is 4.39 Å². The van der Waals surface area contributed by atoms with Gasteiger partial charge >= 0.3 is 0 Å². The van der Waals surface area contributed by atoms with Gasteiger partial charge in [0.25, 0.3) is 0 Å². The van der Waals surface area contributed by atoms with Gasteiger partial charge in [-0.1, -0.05) is 17.3 Å². The largest absolute Gasteiger partial charge is 0.494 e. The van der Waals surface area contributed by atoms with Crippen molar-refractivity contribution < 1.29 is 13.7 Å². The molecule has 0 saturated heterocycles. The Morgan fingerprint density at radius 3 is 2.57 bits per heavy atom. The average molecular weight is 379 g/mol. The number of methoxy groups -OCH3 is 1. The Bertz CT molecular complexity index is 1130. The minimum Gasteiger partial charge on any atom is -0.494 e. The highest BCUT2D eigenvalue weighted by atomic mass is 19.1. The van der Waals surface area contributed by atoms with Gasteiger partial charge in [-0.25, -0.2) is 14.4 Å². The number of aryl methyl sites for hydroxylation is 1. The molecule has 4 rings (SSSR count). The molecule has 8 heteroatoms. The van der Waals surface area contributed by atoms with Crippen LogP contribution in [0.2, 0.25) is 0 Å². The fourth-order valence-corrected chi connectivity index (χ4v) is 2.98. The van der Waals surface area contributed by atoms with Crippen LogP contribution in [0.25, 0.3) is 22.0 Å². The lowest BCUT2D eigenvalue weighted by Gasteiger charge is -2.15. The van der Waals surface area contributed by atoms with Gasteiger partial charge in [-0.2, -0.15) is 4.98 Å². The summed E-state index contributed by atoms with van der Waals surface area (Å²) in [5, 5.41) is 8.02. The van der Waals surface area contributed by atoms with E-state index >= 15 is 0 Å². The molecule has 0 spiro atoms. The van der Waals surface area contributed by atoms with Gasteiger partial charge in [0.05, 0.1) is 13.2 Å². The van der Waals surface area contributed by atoms with Crippen LogP contribution in [-0.2, 0) is 0 Å². The van der Waals surface area contributed by atoms with Crippen molar-refractivity contribution in [2.75, 3.05) is 12.4 Å². The molecule has 0 fully saturated rings. The van der Waals surface area contributed by atoms with Crippen LogP contribution in [0.3, 0.4) is 0 Å². The lowest BCUT2D eigenvalue weighted by atomic mass is 10.0. The molecule has 0 saturated carbocycles. The quantitative estimate of drug-likeness (QED) is 0.553. The fraction of sp³-hybridized carbons (Fsp3) is 0.200. The van der Waals surface area contributed by atoms with Crippen molar-refractivity contribution in [2.24, 2.45) is 0 Å². The molecule has 0 aliphatic rings. The van der Waals surface area contributed by atoms with Crippen molar-refractivity contribution in [1.82, 2.24) is 20.1 Å². The van der Waals surface area contributed by atoms with E-state index in [4.69, 9.17) is 9.26 Å². The second-order valence-electron chi connectivity index (χ2n) is 6.34. The minimum atomic E-state index is -0.286. The summed E-state index contributed by atoms with van der Waals surface area (Å²) in [6.07, 6.45) is 1.47. The van der Waals surface area contributed by atoms with E-state index in [1.54, 1.807) is 26.2 Å². The first kappa shape index (κ1) is 17.8. The Labute approximate surface area is 160 Å². The van der Waals surface area contributed by atoms with Crippen LogP contribution in [0.5, 0.6) is 5.75 Å². The van der Waals surface area contributed by atoms with Gasteiger partial charge in [0.2, 0.25) is 5.89 Å². The van der Waals surface area contributed by atoms with E-state index in [-0.39, 0.29) is 11.9 Å². The number of nitrogens with one attached hydrogen (secondary N) is 1. The normalized spacial score (nSPS) is 12.1. The zero-order valence-electron chi connectivity index (χ0n) is 15.6. The van der Waals surface area contributed by atoms with Gasteiger partial charge in [0.15, 0.2) is 5.82 Å². The molecule has 1 unspecified atom stereocenters. The summed E-state index contributed by atoms with van der Waals surface area (Å²) in [6.45, 7) is 3.66. The molecule has 7 nitrogen and oxygen atoms in total. The van der Waals surface area contributed by atoms with Crippen molar-refractivity contribution >= 4 is 16.7 Å². The highest BCUT2D eigenvalue weighted by molar-refractivity contribution is 5.96. The predicted molar refractivity (Wildman–Crippen MR) is 103 cm³/mol. The molecule has 2 aromatic carbocycles. The second kappa shape index (κ2) is 7.22. The molecule has 0 aliphatic heterocycles. The number of benzene rings is 2. The number of hydrogen-bond donors (Lipinski definition) is 1. The van der Waals surface area contributed by atoms with E-state index in [1.807, 2.05) is 19.1 Å². The summed E-state index contributed by atoms with van der Waals surface area (Å²) in [4.78, 5) is 13.0. The Morgan fingerprint density at radius 2 is 1.89 bits per heavy atom. The Morgan fingerprint density at radius 1 is 1.11 bits per heavy atom. The lowest BCUT2D eigenvalue weighted by Crippen LogP contribution is -2.10. The van der Waals surface area contributed by atoms with Crippen LogP contribution in [0.15, 0.2) is 47.2 Å². The summed E-state index contributed by atoms with van der Waals surface area (Å²) >= 11 is 0. The zero-order chi connectivity index (χ0) is 19.7. The van der Waals surface area contributed by atoms with Gasteiger partial charge in [-0.15, -0.1) is 0 Å². The minimum absolute atomic E-state index is 0.226. The van der Waals surface area contributed by atoms with E-state index in [0.717, 1.165) is 16.5 Å². The molecule has 1 N–H and O–H groups in total. The number of rotatable bonds is 5. The summed E-state index contributed by atoms with van der Waals surface area (Å²) in [5.74, 6) is 1.96. The summed E-state index contributed by atoms with van der Waals surface area (Å²) in [7, 11) is 1.59. The molecular formula is C20H18FN5O2. The highest BCUT2D eigenvalue weighted by Gasteiger charge is 2.17. The van der Waals surface area contributed by atoms with Crippen molar-refractivity contribution in [1.29, 1.82) is 0 Å². The lowest BCUT2D eigenvalue weighted by molar-refractivity contribution is 0.385. The van der Waals surface area contributed by atoms with Crippen molar-refractivity contribution in [2.45, 2.75) is 19.9 Å². The highest BCUT2D eigenvalue weighted by Crippen LogP contribution is 2.34. The van der Waals surface area contributed by atoms with Gasteiger partial charge in [0, 0.05) is 12.3 Å². The third kappa shape index (κ3) is 3.36. The van der Waals surface area contributed by atoms with Crippen molar-refractivity contribution in [3.8, 4) is 16.9 Å². The van der Waals surface area contributed by atoms with Crippen LogP contribution >= 0.6 is 0 Å². The Balaban J connectivity index is 1.80. The molecule has 4 aromatic rings. The van der Waals surface area contributed by atoms with Crippen LogP contribution in [0.4, 0.5) is 10.2 Å². The monoisotopic (exact) mass is 379 g/mol. The number of halogens is 1. The van der Waals surface area contributed by atoms with Crippen molar-refractivity contribution in [3.05, 3.63) is 60.3 Å². The summed E-state index contributed by atoms with van der Waals surface area (Å²) in [6, 6.07) is 9.88. The van der Waals surface area contributed by atoms with Gasteiger partial charge < -0.3 is 14.6 Å². The predicted octanol–water partition coefficient (Wildman–Crippen LogP) is 4.31. The van der Waals surface area contributed by atoms with E-state index in [1.165, 1.54) is 18.5 Å². The van der Waals surface area contributed by atoms with Crippen LogP contribution < -0.4 is 10.1 Å². The molecule has 0 bridgehead atoms. The number of anilines is 1. The second-order valence-corrected chi connectivity index (χ2v) is 6.34. The maximum Gasteiger partial charge on any atom is 0.223 e. The molecule has 2 aromatic heterocycles. The van der Waals surface area contributed by atoms with Crippen LogP contribution in [0.1, 0.15) is 24.7 Å². The van der Waals surface area contributed by atoms with E-state index in [2.05, 4.69) is 25.4 Å². The first-order valence-corrected chi connectivity index (χ1v) is 8.70. The fourth-order valence-electron chi connectivity index (χ4n) is 2.98. The molecule has 142 valence electrons. The number of fused-ring (bicyclic) bond motifs is 1. The molecule has 28 heavy (non-hydrogen) atoms. The van der Waals surface area contributed by atoms with Gasteiger partial charge in [0.1, 0.15) is 29.2 Å². The van der Waals surface area contributed by atoms with Gasteiger partial charge in [-0.05, 0) is 42.3 Å². The maximum absolute atomic E-state index is 13.3. The third-order valence-electron chi connectivity index (χ3n) is 4.39. The first-order valence-electron chi connectivity index (χ1n) is 8.70.